The summed E-state index contributed by atoms with van der Waals surface area (Å²) < 4.78 is 5.68. The molecule has 2 atom stereocenters. The molecule has 1 fully saturated rings. The summed E-state index contributed by atoms with van der Waals surface area (Å²) >= 11 is 5.56. The third-order valence-corrected chi connectivity index (χ3v) is 5.02. The number of amides is 1. The van der Waals surface area contributed by atoms with Crippen LogP contribution in [0.15, 0.2) is 77.5 Å². The Kier molecular flexibility index (Phi) is 5.34. The number of pyridine rings is 1. The maximum Gasteiger partial charge on any atom is 0.226 e. The highest BCUT2D eigenvalue weighted by atomic mass is 32.1. The Hall–Kier alpha value is -3.19. The van der Waals surface area contributed by atoms with Gasteiger partial charge in [-0.05, 0) is 48.6 Å². The van der Waals surface area contributed by atoms with E-state index in [9.17, 15) is 4.79 Å². The lowest BCUT2D eigenvalue weighted by atomic mass is 10.0. The van der Waals surface area contributed by atoms with Gasteiger partial charge in [-0.1, -0.05) is 24.3 Å². The summed E-state index contributed by atoms with van der Waals surface area (Å²) in [5, 5.41) is 6.83. The van der Waals surface area contributed by atoms with Crippen molar-refractivity contribution in [3.63, 3.8) is 0 Å². The number of hydrogen-bond acceptors (Lipinski definition) is 4. The highest BCUT2D eigenvalue weighted by molar-refractivity contribution is 7.80. The Labute approximate surface area is 168 Å². The van der Waals surface area contributed by atoms with E-state index in [1.54, 1.807) is 12.5 Å². The Morgan fingerprint density at radius 3 is 2.68 bits per heavy atom. The second-order valence-corrected chi connectivity index (χ2v) is 6.89. The molecule has 0 saturated carbocycles. The minimum Gasteiger partial charge on any atom is -0.467 e. The van der Waals surface area contributed by atoms with E-state index in [-0.39, 0.29) is 18.0 Å². The zero-order valence-corrected chi connectivity index (χ0v) is 15.9. The maximum absolute atomic E-state index is 12.4. The highest BCUT2D eigenvalue weighted by Crippen LogP contribution is 2.38. The fraction of sp³-hybridized carbons (Fsp3) is 0.190. The second-order valence-electron chi connectivity index (χ2n) is 6.50. The predicted octanol–water partition coefficient (Wildman–Crippen LogP) is 3.68. The monoisotopic (exact) mass is 392 g/mol. The van der Waals surface area contributed by atoms with Gasteiger partial charge in [-0.25, -0.2) is 0 Å². The summed E-state index contributed by atoms with van der Waals surface area (Å²) in [6, 6.07) is 18.7. The van der Waals surface area contributed by atoms with Crippen LogP contribution in [-0.2, 0) is 4.79 Å². The molecule has 2 N–H and O–H groups in total. The summed E-state index contributed by atoms with van der Waals surface area (Å²) in [4.78, 5) is 18.9. The first-order chi connectivity index (χ1) is 13.7. The lowest BCUT2D eigenvalue weighted by molar-refractivity contribution is -0.116. The molecule has 3 heterocycles. The maximum atomic E-state index is 12.4. The lowest BCUT2D eigenvalue weighted by Gasteiger charge is -2.25. The van der Waals surface area contributed by atoms with Crippen molar-refractivity contribution in [2.75, 3.05) is 11.9 Å². The van der Waals surface area contributed by atoms with Crippen LogP contribution in [0.5, 0.6) is 0 Å². The van der Waals surface area contributed by atoms with Crippen LogP contribution in [0.3, 0.4) is 0 Å². The van der Waals surface area contributed by atoms with Crippen molar-refractivity contribution in [3.05, 3.63) is 84.6 Å². The Morgan fingerprint density at radius 1 is 1.14 bits per heavy atom. The van der Waals surface area contributed by atoms with Gasteiger partial charge < -0.3 is 20.0 Å². The SMILES string of the molecule is O=C(CCN1C(=S)N[C@H](c2ccccn2)[C@@H]1c1ccco1)Nc1ccccc1. The summed E-state index contributed by atoms with van der Waals surface area (Å²) in [6.45, 7) is 0.471. The van der Waals surface area contributed by atoms with Gasteiger partial charge in [0.15, 0.2) is 5.11 Å². The number of carbonyl (C=O) groups excluding carboxylic acids is 1. The number of nitrogens with zero attached hydrogens (tertiary/aromatic N) is 2. The molecule has 28 heavy (non-hydrogen) atoms. The van der Waals surface area contributed by atoms with Gasteiger partial charge in [0.25, 0.3) is 0 Å². The lowest BCUT2D eigenvalue weighted by Crippen LogP contribution is -2.32. The number of para-hydroxylation sites is 1. The number of benzene rings is 1. The van der Waals surface area contributed by atoms with E-state index in [1.165, 1.54) is 0 Å². The first-order valence-electron chi connectivity index (χ1n) is 9.09. The van der Waals surface area contributed by atoms with E-state index < -0.39 is 0 Å². The van der Waals surface area contributed by atoms with E-state index in [2.05, 4.69) is 15.6 Å². The first-order valence-corrected chi connectivity index (χ1v) is 9.49. The number of aromatic nitrogens is 1. The largest absolute Gasteiger partial charge is 0.467 e. The van der Waals surface area contributed by atoms with Crippen molar-refractivity contribution in [1.82, 2.24) is 15.2 Å². The molecule has 7 heteroatoms. The third kappa shape index (κ3) is 3.89. The molecule has 0 spiro atoms. The Morgan fingerprint density at radius 2 is 1.96 bits per heavy atom. The molecule has 0 unspecified atom stereocenters. The predicted molar refractivity (Wildman–Crippen MR) is 111 cm³/mol. The van der Waals surface area contributed by atoms with E-state index in [0.717, 1.165) is 17.1 Å². The zero-order chi connectivity index (χ0) is 19.3. The molecular formula is C21H20N4O2S. The van der Waals surface area contributed by atoms with Crippen molar-refractivity contribution in [2.45, 2.75) is 18.5 Å². The number of carbonyl (C=O) groups is 1. The average Bonchev–Trinajstić information content (AvgIpc) is 3.35. The molecule has 1 aliphatic heterocycles. The van der Waals surface area contributed by atoms with Crippen molar-refractivity contribution in [2.24, 2.45) is 0 Å². The van der Waals surface area contributed by atoms with Crippen LogP contribution in [0.2, 0.25) is 0 Å². The molecule has 2 aromatic heterocycles. The van der Waals surface area contributed by atoms with Gasteiger partial charge in [-0.3, -0.25) is 9.78 Å². The summed E-state index contributed by atoms with van der Waals surface area (Å²) in [5.41, 5.74) is 1.66. The average molecular weight is 392 g/mol. The van der Waals surface area contributed by atoms with Gasteiger partial charge in [-0.2, -0.15) is 0 Å². The molecule has 0 aliphatic carbocycles. The van der Waals surface area contributed by atoms with Crippen LogP contribution in [-0.4, -0.2) is 27.4 Å². The third-order valence-electron chi connectivity index (χ3n) is 4.67. The number of anilines is 1. The molecule has 6 nitrogen and oxygen atoms in total. The quantitative estimate of drug-likeness (QED) is 0.624. The number of rotatable bonds is 6. The number of nitrogens with one attached hydrogen (secondary N) is 2. The molecule has 1 saturated heterocycles. The molecule has 4 rings (SSSR count). The number of furan rings is 1. The fourth-order valence-electron chi connectivity index (χ4n) is 3.38. The zero-order valence-electron chi connectivity index (χ0n) is 15.1. The van der Waals surface area contributed by atoms with Crippen molar-refractivity contribution in [1.29, 1.82) is 0 Å². The normalized spacial score (nSPS) is 18.7. The molecule has 3 aromatic rings. The fourth-order valence-corrected chi connectivity index (χ4v) is 3.71. The van der Waals surface area contributed by atoms with Crippen LogP contribution in [0.1, 0.15) is 30.0 Å². The summed E-state index contributed by atoms with van der Waals surface area (Å²) in [7, 11) is 0. The van der Waals surface area contributed by atoms with E-state index in [4.69, 9.17) is 16.6 Å². The topological polar surface area (TPSA) is 70.4 Å². The number of thiocarbonyl (C=S) groups is 1. The molecule has 0 radical (unpaired) electrons. The van der Waals surface area contributed by atoms with Gasteiger partial charge in [0.2, 0.25) is 5.91 Å². The van der Waals surface area contributed by atoms with E-state index in [0.29, 0.717) is 18.1 Å². The molecule has 1 aromatic carbocycles. The Balaban J connectivity index is 1.50. The molecular weight excluding hydrogens is 372 g/mol. The first kappa shape index (κ1) is 18.2. The van der Waals surface area contributed by atoms with Gasteiger partial charge in [0.05, 0.1) is 18.0 Å². The van der Waals surface area contributed by atoms with Crippen LogP contribution < -0.4 is 10.6 Å². The molecule has 0 bridgehead atoms. The molecule has 1 amide bonds. The van der Waals surface area contributed by atoms with Crippen molar-refractivity contribution < 1.29 is 9.21 Å². The summed E-state index contributed by atoms with van der Waals surface area (Å²) in [6.07, 6.45) is 3.71. The standard InChI is InChI=1S/C21H20N4O2S/c26-18(23-15-7-2-1-3-8-15)11-13-25-20(17-10-6-14-27-17)19(24-21(25)28)16-9-4-5-12-22-16/h1-10,12,14,19-20H,11,13H2,(H,23,26)(H,24,28)/t19-,20+/m1/s1. The second kappa shape index (κ2) is 8.22. The van der Waals surface area contributed by atoms with Gasteiger partial charge in [0, 0.05) is 24.8 Å². The van der Waals surface area contributed by atoms with Gasteiger partial charge in [-0.15, -0.1) is 0 Å². The smallest absolute Gasteiger partial charge is 0.226 e. The summed E-state index contributed by atoms with van der Waals surface area (Å²) in [5.74, 6) is 0.722. The van der Waals surface area contributed by atoms with Crippen LogP contribution in [0.25, 0.3) is 0 Å². The van der Waals surface area contributed by atoms with E-state index in [1.807, 2.05) is 65.6 Å². The number of hydrogen-bond donors (Lipinski definition) is 2. The van der Waals surface area contributed by atoms with E-state index >= 15 is 0 Å². The highest BCUT2D eigenvalue weighted by Gasteiger charge is 2.41. The minimum absolute atomic E-state index is 0.0616. The van der Waals surface area contributed by atoms with Crippen molar-refractivity contribution >= 4 is 28.9 Å². The Bertz CT molecular complexity index is 932. The van der Waals surface area contributed by atoms with Crippen LogP contribution in [0.4, 0.5) is 5.69 Å². The molecule has 142 valence electrons. The van der Waals surface area contributed by atoms with Gasteiger partial charge >= 0.3 is 0 Å². The molecule has 1 aliphatic rings. The minimum atomic E-state index is -0.165. The van der Waals surface area contributed by atoms with Gasteiger partial charge in [0.1, 0.15) is 11.8 Å². The van der Waals surface area contributed by atoms with Crippen LogP contribution in [0, 0.1) is 0 Å². The van der Waals surface area contributed by atoms with Crippen LogP contribution >= 0.6 is 12.2 Å². The van der Waals surface area contributed by atoms with Crippen molar-refractivity contribution in [3.8, 4) is 0 Å².